The minimum atomic E-state index is 0. The molecule has 69 heavy (non-hydrogen) atoms. The van der Waals surface area contributed by atoms with Crippen LogP contribution in [0.5, 0.6) is 17.2 Å². The highest BCUT2D eigenvalue weighted by Crippen LogP contribution is 2.25. The average molecular weight is 1060 g/mol. The van der Waals surface area contributed by atoms with E-state index in [-0.39, 0.29) is 42.6 Å². The Morgan fingerprint density at radius 2 is 0.855 bits per heavy atom. The molecule has 2 heterocycles. The number of hydrogen-bond acceptors (Lipinski definition) is 16. The van der Waals surface area contributed by atoms with E-state index in [1.165, 1.54) is 45.8 Å². The SMILES string of the molecule is C.COc1ccc(CN)cc1.COc1ccc(CN2CN=C(SCc3ccccc3CSC3=NCN(Cc4ccc(OC)cc4)CN3)NC2)cc1.Cl.Cl.N=C(N)SCc1ccccc1CSC(=N)N. The van der Waals surface area contributed by atoms with Gasteiger partial charge < -0.3 is 42.0 Å². The molecule has 14 nitrogen and oxygen atoms in total. The van der Waals surface area contributed by atoms with Crippen molar-refractivity contribution < 1.29 is 14.2 Å². The van der Waals surface area contributed by atoms with Crippen LogP contribution in [0.25, 0.3) is 0 Å². The second-order valence-electron chi connectivity index (χ2n) is 14.7. The highest BCUT2D eigenvalue weighted by molar-refractivity contribution is 8.14. The van der Waals surface area contributed by atoms with Crippen molar-refractivity contribution in [2.24, 2.45) is 27.2 Å². The first-order valence-electron chi connectivity index (χ1n) is 21.1. The predicted octanol–water partition coefficient (Wildman–Crippen LogP) is 9.50. The molecule has 0 aliphatic carbocycles. The lowest BCUT2D eigenvalue weighted by atomic mass is 10.1. The molecule has 0 amide bonds. The van der Waals surface area contributed by atoms with Crippen molar-refractivity contribution in [3.8, 4) is 17.2 Å². The number of nitrogens with two attached hydrogens (primary N) is 3. The zero-order valence-corrected chi connectivity index (χ0v) is 43.4. The second kappa shape index (κ2) is 33.7. The van der Waals surface area contributed by atoms with Gasteiger partial charge in [-0.25, -0.2) is 9.98 Å². The number of thioether (sulfide) groups is 4. The molecule has 0 fully saturated rings. The second-order valence-corrected chi connectivity index (χ2v) is 18.7. The molecule has 374 valence electrons. The van der Waals surface area contributed by atoms with E-state index in [4.69, 9.17) is 52.2 Å². The molecule has 20 heteroatoms. The van der Waals surface area contributed by atoms with Crippen LogP contribution in [0.15, 0.2) is 131 Å². The summed E-state index contributed by atoms with van der Waals surface area (Å²) in [6, 6.07) is 40.7. The Hall–Kier alpha value is -4.76. The van der Waals surface area contributed by atoms with Gasteiger partial charge in [0.1, 0.15) is 17.2 Å². The zero-order chi connectivity index (χ0) is 46.9. The predicted molar refractivity (Wildman–Crippen MR) is 302 cm³/mol. The molecular weight excluding hydrogens is 990 g/mol. The lowest BCUT2D eigenvalue weighted by Gasteiger charge is -2.27. The van der Waals surface area contributed by atoms with E-state index in [0.717, 1.165) is 82.2 Å². The summed E-state index contributed by atoms with van der Waals surface area (Å²) >= 11 is 6.14. The normalized spacial score (nSPS) is 12.9. The number of ether oxygens (including phenoxy) is 3. The number of rotatable bonds is 16. The molecule has 2 aliphatic heterocycles. The Morgan fingerprint density at radius 3 is 1.13 bits per heavy atom. The minimum absolute atomic E-state index is 0. The van der Waals surface area contributed by atoms with Crippen LogP contribution in [0.2, 0.25) is 0 Å². The monoisotopic (exact) mass is 1060 g/mol. The van der Waals surface area contributed by atoms with E-state index in [2.05, 4.69) is 69.0 Å². The summed E-state index contributed by atoms with van der Waals surface area (Å²) in [6.07, 6.45) is 0. The van der Waals surface area contributed by atoms with E-state index >= 15 is 0 Å². The van der Waals surface area contributed by atoms with E-state index in [1.807, 2.05) is 72.8 Å². The molecule has 10 N–H and O–H groups in total. The molecule has 5 aromatic carbocycles. The lowest BCUT2D eigenvalue weighted by molar-refractivity contribution is 0.258. The number of nitrogens with zero attached hydrogens (tertiary/aromatic N) is 4. The van der Waals surface area contributed by atoms with Crippen molar-refractivity contribution in [2.75, 3.05) is 48.0 Å². The smallest absolute Gasteiger partial charge is 0.159 e. The van der Waals surface area contributed by atoms with Gasteiger partial charge in [-0.15, -0.1) is 24.8 Å². The summed E-state index contributed by atoms with van der Waals surface area (Å²) in [4.78, 5) is 14.1. The third-order valence-corrected chi connectivity index (χ3v) is 13.5. The van der Waals surface area contributed by atoms with Gasteiger partial charge in [0.25, 0.3) is 0 Å². The van der Waals surface area contributed by atoms with Crippen LogP contribution in [-0.2, 0) is 42.6 Å². The van der Waals surface area contributed by atoms with Crippen LogP contribution in [0.3, 0.4) is 0 Å². The van der Waals surface area contributed by atoms with Crippen LogP contribution < -0.4 is 42.0 Å². The fourth-order valence-electron chi connectivity index (χ4n) is 6.33. The minimum Gasteiger partial charge on any atom is -0.497 e. The Bertz CT molecular complexity index is 2170. The number of amidine groups is 4. The van der Waals surface area contributed by atoms with Gasteiger partial charge in [-0.2, -0.15) is 0 Å². The van der Waals surface area contributed by atoms with E-state index in [0.29, 0.717) is 31.4 Å². The number of methoxy groups -OCH3 is 3. The summed E-state index contributed by atoms with van der Waals surface area (Å²) in [5.41, 5.74) is 24.6. The molecule has 7 rings (SSSR count). The molecule has 5 aromatic rings. The summed E-state index contributed by atoms with van der Waals surface area (Å²) in [5, 5.41) is 23.5. The zero-order valence-electron chi connectivity index (χ0n) is 38.5. The van der Waals surface area contributed by atoms with Gasteiger partial charge in [0.15, 0.2) is 20.7 Å². The first-order valence-corrected chi connectivity index (χ1v) is 25.0. The van der Waals surface area contributed by atoms with E-state index in [1.54, 1.807) is 44.9 Å². The van der Waals surface area contributed by atoms with Gasteiger partial charge in [-0.3, -0.25) is 20.6 Å². The molecule has 0 atom stereocenters. The molecule has 0 aromatic heterocycles. The van der Waals surface area contributed by atoms with Crippen molar-refractivity contribution in [1.29, 1.82) is 10.8 Å². The molecular formula is C49H67Cl2N11O3S4. The molecule has 0 saturated heterocycles. The average Bonchev–Trinajstić information content (AvgIpc) is 3.36. The molecule has 0 radical (unpaired) electrons. The van der Waals surface area contributed by atoms with Gasteiger partial charge in [0.05, 0.1) is 48.0 Å². The van der Waals surface area contributed by atoms with E-state index < -0.39 is 0 Å². The van der Waals surface area contributed by atoms with Crippen LogP contribution in [0.4, 0.5) is 0 Å². The highest BCUT2D eigenvalue weighted by atomic mass is 35.5. The topological polar surface area (TPSA) is 209 Å². The number of aliphatic imine (C=N–C) groups is 2. The Balaban J connectivity index is 0.000000464. The van der Waals surface area contributed by atoms with Crippen LogP contribution in [0, 0.1) is 10.8 Å². The van der Waals surface area contributed by atoms with Gasteiger partial charge >= 0.3 is 0 Å². The summed E-state index contributed by atoms with van der Waals surface area (Å²) in [5.74, 6) is 5.77. The lowest BCUT2D eigenvalue weighted by Crippen LogP contribution is -2.41. The third kappa shape index (κ3) is 22.3. The van der Waals surface area contributed by atoms with Crippen molar-refractivity contribution >= 4 is 92.5 Å². The van der Waals surface area contributed by atoms with Gasteiger partial charge in [-0.1, -0.05) is 139 Å². The number of halogens is 2. The maximum absolute atomic E-state index is 7.17. The maximum atomic E-state index is 7.17. The maximum Gasteiger partial charge on any atom is 0.159 e. The van der Waals surface area contributed by atoms with Crippen molar-refractivity contribution in [1.82, 2.24) is 20.4 Å². The fourth-order valence-corrected chi connectivity index (χ4v) is 9.29. The van der Waals surface area contributed by atoms with Crippen molar-refractivity contribution in [2.45, 2.75) is 50.1 Å². The van der Waals surface area contributed by atoms with Crippen LogP contribution >= 0.6 is 71.9 Å². The molecule has 0 bridgehead atoms. The molecule has 0 spiro atoms. The standard InChI is InChI=1S/C30H36N6O2S2.C10H14N4S2.C8H11NO.CH4.2ClH/c1-37-27-11-7-23(8-12-27)15-35-19-31-29(32-20-35)39-17-25-5-3-4-6-26(25)18-40-30-33-21-36(22-34-30)16-24-9-13-28(38-2)14-10-24;11-9(12)15-5-7-3-1-2-4-8(7)6-16-10(13)14;1-10-8-4-2-7(6-9)3-5-8;;;/h3-14H,15-22H2,1-2H3,(H,31,32)(H,33,34);1-4H,5-6H2,(H3,11,12)(H3,13,14);2-5H,6,9H2,1H3;1H4;2*1H. The van der Waals surface area contributed by atoms with Gasteiger partial charge in [0.2, 0.25) is 0 Å². The largest absolute Gasteiger partial charge is 0.497 e. The van der Waals surface area contributed by atoms with Crippen molar-refractivity contribution in [3.63, 3.8) is 0 Å². The van der Waals surface area contributed by atoms with Gasteiger partial charge in [0, 0.05) is 42.6 Å². The fraction of sp³-hybridized carbons (Fsp3) is 0.306. The summed E-state index contributed by atoms with van der Waals surface area (Å²) < 4.78 is 15.5. The quantitative estimate of drug-likeness (QED) is 0.0363. The Labute approximate surface area is 438 Å². The number of benzene rings is 5. The molecule has 0 unspecified atom stereocenters. The molecule has 2 aliphatic rings. The highest BCUT2D eigenvalue weighted by Gasteiger charge is 2.16. The number of nitrogens with one attached hydrogen (secondary N) is 4. The van der Waals surface area contributed by atoms with Crippen LogP contribution in [-0.4, -0.2) is 78.5 Å². The van der Waals surface area contributed by atoms with Crippen molar-refractivity contribution in [3.05, 3.63) is 160 Å². The Morgan fingerprint density at radius 1 is 0.536 bits per heavy atom. The van der Waals surface area contributed by atoms with Gasteiger partial charge in [-0.05, 0) is 75.3 Å². The third-order valence-electron chi connectivity index (χ3n) is 9.99. The Kier molecular flexibility index (Phi) is 29.5. The first-order chi connectivity index (χ1) is 32.1. The first kappa shape index (κ1) is 60.4. The van der Waals surface area contributed by atoms with Crippen LogP contribution in [0.1, 0.15) is 46.4 Å². The number of hydrogen-bond donors (Lipinski definition) is 7. The molecule has 0 saturated carbocycles. The summed E-state index contributed by atoms with van der Waals surface area (Å²) in [6.45, 7) is 5.27. The van der Waals surface area contributed by atoms with E-state index in [9.17, 15) is 0 Å². The summed E-state index contributed by atoms with van der Waals surface area (Å²) in [7, 11) is 5.03.